The van der Waals surface area contributed by atoms with E-state index in [0.29, 0.717) is 12.1 Å². The summed E-state index contributed by atoms with van der Waals surface area (Å²) in [5, 5.41) is 8.94. The van der Waals surface area contributed by atoms with Crippen molar-refractivity contribution in [1.82, 2.24) is 0 Å². The van der Waals surface area contributed by atoms with Crippen LogP contribution in [0, 0.1) is 0 Å². The molecule has 1 N–H and O–H groups in total. The van der Waals surface area contributed by atoms with Gasteiger partial charge in [0.25, 0.3) is 0 Å². The van der Waals surface area contributed by atoms with Gasteiger partial charge in [-0.1, -0.05) is 36.4 Å². The van der Waals surface area contributed by atoms with Crippen molar-refractivity contribution in [1.29, 1.82) is 0 Å². The van der Waals surface area contributed by atoms with Crippen molar-refractivity contribution in [3.63, 3.8) is 0 Å². The number of hydrogen-bond donors (Lipinski definition) is 1. The van der Waals surface area contributed by atoms with Gasteiger partial charge >= 0.3 is 5.97 Å². The third kappa shape index (κ3) is 4.57. The molecule has 3 aromatic rings. The van der Waals surface area contributed by atoms with E-state index in [-0.39, 0.29) is 0 Å². The number of aromatic carboxylic acids is 1. The first-order chi connectivity index (χ1) is 12.6. The molecule has 0 fully saturated rings. The second kappa shape index (κ2) is 8.12. The zero-order valence-corrected chi connectivity index (χ0v) is 14.5. The summed E-state index contributed by atoms with van der Waals surface area (Å²) in [6, 6.07) is 18.9. The van der Waals surface area contributed by atoms with Crippen LogP contribution in [0.4, 0.5) is 0 Å². The predicted octanol–water partition coefficient (Wildman–Crippen LogP) is 3.90. The largest absolute Gasteiger partial charge is 0.497 e. The number of aromatic nitrogens is 1. The van der Waals surface area contributed by atoms with Crippen LogP contribution in [0.25, 0.3) is 12.2 Å². The number of rotatable bonds is 6. The van der Waals surface area contributed by atoms with E-state index in [0.717, 1.165) is 22.4 Å². The molecule has 0 bridgehead atoms. The lowest BCUT2D eigenvalue weighted by Crippen LogP contribution is -2.33. The van der Waals surface area contributed by atoms with Gasteiger partial charge in [-0.3, -0.25) is 0 Å². The Hall–Kier alpha value is -3.40. The molecule has 0 saturated heterocycles. The second-order valence-corrected chi connectivity index (χ2v) is 5.92. The molecule has 0 aliphatic carbocycles. The number of hydrogen-bond acceptors (Lipinski definition) is 2. The quantitative estimate of drug-likeness (QED) is 0.689. The van der Waals surface area contributed by atoms with Gasteiger partial charge in [-0.05, 0) is 35.4 Å². The summed E-state index contributed by atoms with van der Waals surface area (Å²) < 4.78 is 7.28. The molecule has 2 aromatic carbocycles. The number of carbonyl (C=O) groups is 1. The lowest BCUT2D eigenvalue weighted by molar-refractivity contribution is -0.688. The molecular formula is C22H20NO3+. The normalized spacial score (nSPS) is 10.8. The third-order valence-electron chi connectivity index (χ3n) is 4.04. The third-order valence-corrected chi connectivity index (χ3v) is 4.04. The topological polar surface area (TPSA) is 50.4 Å². The Morgan fingerprint density at radius 3 is 2.35 bits per heavy atom. The Morgan fingerprint density at radius 1 is 1.00 bits per heavy atom. The Balaban J connectivity index is 1.66. The molecule has 0 atom stereocenters. The van der Waals surface area contributed by atoms with E-state index in [1.807, 2.05) is 67.0 Å². The maximum Gasteiger partial charge on any atom is 0.335 e. The molecule has 0 aliphatic heterocycles. The molecule has 26 heavy (non-hydrogen) atoms. The van der Waals surface area contributed by atoms with Gasteiger partial charge in [-0.25, -0.2) is 9.36 Å². The van der Waals surface area contributed by atoms with Gasteiger partial charge in [0.15, 0.2) is 18.9 Å². The molecular weight excluding hydrogens is 326 g/mol. The summed E-state index contributed by atoms with van der Waals surface area (Å²) in [5.74, 6) is -0.0663. The van der Waals surface area contributed by atoms with Gasteiger partial charge in [0.2, 0.25) is 0 Å². The summed E-state index contributed by atoms with van der Waals surface area (Å²) in [7, 11) is 1.66. The average Bonchev–Trinajstić information content (AvgIpc) is 2.68. The van der Waals surface area contributed by atoms with Gasteiger partial charge in [-0.2, -0.15) is 0 Å². The second-order valence-electron chi connectivity index (χ2n) is 5.92. The van der Waals surface area contributed by atoms with Crippen molar-refractivity contribution in [2.45, 2.75) is 6.54 Å². The van der Waals surface area contributed by atoms with Gasteiger partial charge in [0.1, 0.15) is 5.75 Å². The SMILES string of the molecule is COc1cccc(/C=C\c2cc[n+](Cc3ccc(C(=O)O)cc3)cc2)c1. The molecule has 0 saturated carbocycles. The van der Waals surface area contributed by atoms with E-state index in [1.54, 1.807) is 19.2 Å². The highest BCUT2D eigenvalue weighted by Gasteiger charge is 2.05. The molecule has 0 aliphatic rings. The van der Waals surface area contributed by atoms with E-state index in [1.165, 1.54) is 0 Å². The number of nitrogens with zero attached hydrogens (tertiary/aromatic N) is 1. The summed E-state index contributed by atoms with van der Waals surface area (Å²) in [6.45, 7) is 0.694. The van der Waals surface area contributed by atoms with Crippen LogP contribution in [0.2, 0.25) is 0 Å². The predicted molar refractivity (Wildman–Crippen MR) is 101 cm³/mol. The highest BCUT2D eigenvalue weighted by Crippen LogP contribution is 2.15. The monoisotopic (exact) mass is 346 g/mol. The van der Waals surface area contributed by atoms with Crippen molar-refractivity contribution < 1.29 is 19.2 Å². The lowest BCUT2D eigenvalue weighted by atomic mass is 10.1. The van der Waals surface area contributed by atoms with Crippen LogP contribution >= 0.6 is 0 Å². The minimum absolute atomic E-state index is 0.303. The molecule has 3 rings (SSSR count). The number of benzene rings is 2. The number of ether oxygens (including phenoxy) is 1. The van der Waals surface area contributed by atoms with Crippen molar-refractivity contribution in [3.05, 3.63) is 95.3 Å². The molecule has 4 heteroatoms. The van der Waals surface area contributed by atoms with E-state index >= 15 is 0 Å². The first kappa shape index (κ1) is 17.4. The van der Waals surface area contributed by atoms with Crippen molar-refractivity contribution in [2.24, 2.45) is 0 Å². The fraction of sp³-hybridized carbons (Fsp3) is 0.0909. The van der Waals surface area contributed by atoms with E-state index in [4.69, 9.17) is 9.84 Å². The number of carboxylic acids is 1. The van der Waals surface area contributed by atoms with Gasteiger partial charge in [0.05, 0.1) is 12.7 Å². The minimum Gasteiger partial charge on any atom is -0.497 e. The van der Waals surface area contributed by atoms with Crippen molar-refractivity contribution in [3.8, 4) is 5.75 Å². The van der Waals surface area contributed by atoms with Crippen molar-refractivity contribution in [2.75, 3.05) is 7.11 Å². The Labute approximate surface area is 152 Å². The summed E-state index contributed by atoms with van der Waals surface area (Å²) in [6.07, 6.45) is 8.13. The maximum atomic E-state index is 10.9. The number of carboxylic acid groups (broad SMARTS) is 1. The average molecular weight is 346 g/mol. The van der Waals surface area contributed by atoms with Crippen LogP contribution in [-0.2, 0) is 6.54 Å². The highest BCUT2D eigenvalue weighted by atomic mass is 16.5. The van der Waals surface area contributed by atoms with Crippen LogP contribution in [0.1, 0.15) is 27.0 Å². The van der Waals surface area contributed by atoms with Gasteiger partial charge in [0, 0.05) is 17.7 Å². The van der Waals surface area contributed by atoms with Crippen LogP contribution in [0.15, 0.2) is 73.1 Å². The summed E-state index contributed by atoms with van der Waals surface area (Å²) in [4.78, 5) is 10.9. The highest BCUT2D eigenvalue weighted by molar-refractivity contribution is 5.87. The van der Waals surface area contributed by atoms with Crippen LogP contribution in [-0.4, -0.2) is 18.2 Å². The molecule has 130 valence electrons. The fourth-order valence-electron chi connectivity index (χ4n) is 2.59. The molecule has 1 aromatic heterocycles. The van der Waals surface area contributed by atoms with E-state index < -0.39 is 5.97 Å². The van der Waals surface area contributed by atoms with Gasteiger partial charge in [-0.15, -0.1) is 0 Å². The number of methoxy groups -OCH3 is 1. The molecule has 0 amide bonds. The molecule has 1 heterocycles. The molecule has 0 unspecified atom stereocenters. The molecule has 4 nitrogen and oxygen atoms in total. The maximum absolute atomic E-state index is 10.9. The van der Waals surface area contributed by atoms with Crippen LogP contribution in [0.3, 0.4) is 0 Å². The van der Waals surface area contributed by atoms with E-state index in [2.05, 4.69) is 10.6 Å². The van der Waals surface area contributed by atoms with Crippen LogP contribution < -0.4 is 9.30 Å². The Kier molecular flexibility index (Phi) is 5.44. The standard InChI is InChI=1S/C22H19NO3/c1-26-21-4-2-3-18(15-21)6-5-17-11-13-23(14-12-17)16-19-7-9-20(10-8-19)22(24)25/h2-15H,16H2,1H3/p+1/b6-5-. The van der Waals surface area contributed by atoms with Crippen molar-refractivity contribution >= 4 is 18.1 Å². The fourth-order valence-corrected chi connectivity index (χ4v) is 2.59. The van der Waals surface area contributed by atoms with Crippen LogP contribution in [0.5, 0.6) is 5.75 Å². The zero-order valence-electron chi connectivity index (χ0n) is 14.5. The molecule has 0 spiro atoms. The first-order valence-corrected chi connectivity index (χ1v) is 8.27. The van der Waals surface area contributed by atoms with Gasteiger partial charge < -0.3 is 9.84 Å². The van der Waals surface area contributed by atoms with E-state index in [9.17, 15) is 4.79 Å². The Morgan fingerprint density at radius 2 is 1.69 bits per heavy atom. The first-order valence-electron chi connectivity index (χ1n) is 8.27. The Bertz CT molecular complexity index is 913. The summed E-state index contributed by atoms with van der Waals surface area (Å²) >= 11 is 0. The minimum atomic E-state index is -0.906. The lowest BCUT2D eigenvalue weighted by Gasteiger charge is -2.01. The smallest absolute Gasteiger partial charge is 0.335 e. The number of pyridine rings is 1. The summed E-state index contributed by atoms with van der Waals surface area (Å²) in [5.41, 5.74) is 3.54. The zero-order chi connectivity index (χ0) is 18.4. The molecule has 0 radical (unpaired) electrons.